The fourth-order valence-electron chi connectivity index (χ4n) is 2.69. The highest BCUT2D eigenvalue weighted by Gasteiger charge is 2.20. The number of fused-ring (bicyclic) bond motifs is 1. The van der Waals surface area contributed by atoms with E-state index >= 15 is 0 Å². The third kappa shape index (κ3) is 3.37. The first-order valence-electron chi connectivity index (χ1n) is 7.49. The summed E-state index contributed by atoms with van der Waals surface area (Å²) in [5, 5.41) is 14.2. The minimum absolute atomic E-state index is 0.0522. The van der Waals surface area contributed by atoms with Gasteiger partial charge in [0.1, 0.15) is 0 Å². The van der Waals surface area contributed by atoms with Crippen molar-refractivity contribution in [3.63, 3.8) is 0 Å². The fourth-order valence-corrected chi connectivity index (χ4v) is 2.69. The monoisotopic (exact) mass is 310 g/mol. The summed E-state index contributed by atoms with van der Waals surface area (Å²) in [4.78, 5) is 15.2. The molecule has 0 bridgehead atoms. The predicted molar refractivity (Wildman–Crippen MR) is 90.6 cm³/mol. The lowest BCUT2D eigenvalue weighted by Gasteiger charge is -2.15. The Bertz CT molecular complexity index is 744. The van der Waals surface area contributed by atoms with Crippen molar-refractivity contribution in [3.8, 4) is 0 Å². The van der Waals surface area contributed by atoms with E-state index in [0.717, 1.165) is 22.5 Å². The Morgan fingerprint density at radius 1 is 1.26 bits per heavy atom. The smallest absolute Gasteiger partial charge is 0.228 e. The van der Waals surface area contributed by atoms with Gasteiger partial charge in [0.2, 0.25) is 6.54 Å². The van der Waals surface area contributed by atoms with Gasteiger partial charge in [-0.3, -0.25) is 15.1 Å². The molecule has 1 heterocycles. The minimum Gasteiger partial charge on any atom is -0.379 e. The molecule has 0 saturated heterocycles. The average molecular weight is 310 g/mol. The molecule has 23 heavy (non-hydrogen) atoms. The highest BCUT2D eigenvalue weighted by molar-refractivity contribution is 6.16. The molecule has 0 aliphatic carbocycles. The maximum Gasteiger partial charge on any atom is 0.228 e. The Hall–Kier alpha value is -2.73. The highest BCUT2D eigenvalue weighted by Crippen LogP contribution is 2.25. The Labute approximate surface area is 134 Å². The average Bonchev–Trinajstić information content (AvgIpc) is 2.74. The van der Waals surface area contributed by atoms with Gasteiger partial charge < -0.3 is 11.1 Å². The van der Waals surface area contributed by atoms with Crippen molar-refractivity contribution < 1.29 is 4.92 Å². The number of nitrogens with one attached hydrogen (secondary N) is 1. The molecular formula is C17H18N4O2. The van der Waals surface area contributed by atoms with E-state index in [-0.39, 0.29) is 17.5 Å². The second-order valence-corrected chi connectivity index (χ2v) is 5.50. The molecule has 3 N–H and O–H groups in total. The Morgan fingerprint density at radius 3 is 2.74 bits per heavy atom. The maximum atomic E-state index is 10.8. The third-order valence-corrected chi connectivity index (χ3v) is 3.81. The van der Waals surface area contributed by atoms with Gasteiger partial charge in [-0.05, 0) is 12.1 Å². The van der Waals surface area contributed by atoms with E-state index in [1.165, 1.54) is 0 Å². The highest BCUT2D eigenvalue weighted by atomic mass is 16.6. The second-order valence-electron chi connectivity index (χ2n) is 5.50. The summed E-state index contributed by atoms with van der Waals surface area (Å²) in [6, 6.07) is 15.4. The molecule has 1 unspecified atom stereocenters. The molecule has 2 aromatic rings. The summed E-state index contributed by atoms with van der Waals surface area (Å²) in [7, 11) is 0. The Morgan fingerprint density at radius 2 is 2.04 bits per heavy atom. The van der Waals surface area contributed by atoms with Crippen molar-refractivity contribution in [2.45, 2.75) is 12.6 Å². The van der Waals surface area contributed by atoms with E-state index in [9.17, 15) is 10.1 Å². The van der Waals surface area contributed by atoms with Gasteiger partial charge in [0.05, 0.1) is 18.3 Å². The molecule has 0 radical (unpaired) electrons. The molecular weight excluding hydrogens is 292 g/mol. The lowest BCUT2D eigenvalue weighted by Crippen LogP contribution is -2.31. The number of nitro groups is 1. The summed E-state index contributed by atoms with van der Waals surface area (Å²) in [6.45, 7) is 0.845. The van der Waals surface area contributed by atoms with Crippen molar-refractivity contribution in [1.82, 2.24) is 0 Å². The number of nitrogens with two attached hydrogens (primary N) is 1. The predicted octanol–water partition coefficient (Wildman–Crippen LogP) is 2.05. The minimum atomic E-state index is -0.326. The van der Waals surface area contributed by atoms with Crippen LogP contribution in [0.15, 0.2) is 53.5 Å². The molecule has 0 spiro atoms. The zero-order chi connectivity index (χ0) is 16.2. The summed E-state index contributed by atoms with van der Waals surface area (Å²) in [6.07, 6.45) is 0. The lowest BCUT2D eigenvalue weighted by molar-refractivity contribution is -0.496. The maximum absolute atomic E-state index is 10.8. The van der Waals surface area contributed by atoms with Gasteiger partial charge in [0.15, 0.2) is 0 Å². The molecule has 6 nitrogen and oxygen atoms in total. The third-order valence-electron chi connectivity index (χ3n) is 3.81. The molecule has 1 atom stereocenters. The fraction of sp³-hybridized carbons (Fsp3) is 0.235. The van der Waals surface area contributed by atoms with Gasteiger partial charge in [0.25, 0.3) is 0 Å². The van der Waals surface area contributed by atoms with Crippen LogP contribution in [0, 0.1) is 10.1 Å². The van der Waals surface area contributed by atoms with Crippen LogP contribution >= 0.6 is 0 Å². The largest absolute Gasteiger partial charge is 0.379 e. The number of aliphatic imine (C=N–C) groups is 1. The zero-order valence-electron chi connectivity index (χ0n) is 12.6. The molecule has 118 valence electrons. The van der Waals surface area contributed by atoms with Gasteiger partial charge in [0, 0.05) is 33.8 Å². The second kappa shape index (κ2) is 6.58. The summed E-state index contributed by atoms with van der Waals surface area (Å²) >= 11 is 0. The first kappa shape index (κ1) is 15.2. The van der Waals surface area contributed by atoms with Crippen LogP contribution in [0.2, 0.25) is 0 Å². The van der Waals surface area contributed by atoms with Gasteiger partial charge in [-0.2, -0.15) is 0 Å². The van der Waals surface area contributed by atoms with E-state index in [0.29, 0.717) is 18.7 Å². The van der Waals surface area contributed by atoms with Crippen LogP contribution < -0.4 is 11.1 Å². The molecule has 0 aromatic heterocycles. The summed E-state index contributed by atoms with van der Waals surface area (Å²) < 4.78 is 0. The van der Waals surface area contributed by atoms with E-state index in [1.54, 1.807) is 6.07 Å². The first-order valence-corrected chi connectivity index (χ1v) is 7.49. The van der Waals surface area contributed by atoms with Gasteiger partial charge in [-0.15, -0.1) is 0 Å². The van der Waals surface area contributed by atoms with Crippen molar-refractivity contribution in [2.24, 2.45) is 10.7 Å². The molecule has 0 amide bonds. The van der Waals surface area contributed by atoms with Crippen LogP contribution in [-0.4, -0.2) is 29.8 Å². The normalized spacial score (nSPS) is 16.7. The van der Waals surface area contributed by atoms with Crippen LogP contribution in [0.4, 0.5) is 5.69 Å². The molecule has 6 heteroatoms. The number of anilines is 1. The molecule has 0 saturated carbocycles. The Kier molecular flexibility index (Phi) is 4.34. The SMILES string of the molecule is NCC1CN=C(c2ccccc2)c2cc(C[N+](=O)[O-])ccc2N1. The van der Waals surface area contributed by atoms with Gasteiger partial charge in [-0.25, -0.2) is 0 Å². The first-order chi connectivity index (χ1) is 11.2. The van der Waals surface area contributed by atoms with Crippen molar-refractivity contribution in [2.75, 3.05) is 18.4 Å². The lowest BCUT2D eigenvalue weighted by atomic mass is 9.98. The van der Waals surface area contributed by atoms with Crippen LogP contribution in [0.1, 0.15) is 16.7 Å². The number of nitrogens with zero attached hydrogens (tertiary/aromatic N) is 2. The van der Waals surface area contributed by atoms with Crippen LogP contribution in [-0.2, 0) is 6.54 Å². The van der Waals surface area contributed by atoms with Crippen molar-refractivity contribution in [3.05, 3.63) is 75.3 Å². The number of hydrogen-bond acceptors (Lipinski definition) is 5. The van der Waals surface area contributed by atoms with Crippen LogP contribution in [0.5, 0.6) is 0 Å². The summed E-state index contributed by atoms with van der Waals surface area (Å²) in [5.74, 6) is 0. The van der Waals surface area contributed by atoms with E-state index in [2.05, 4.69) is 5.32 Å². The van der Waals surface area contributed by atoms with Crippen LogP contribution in [0.25, 0.3) is 0 Å². The molecule has 1 aliphatic rings. The van der Waals surface area contributed by atoms with Gasteiger partial charge in [-0.1, -0.05) is 36.4 Å². The number of rotatable bonds is 4. The molecule has 0 fully saturated rings. The summed E-state index contributed by atoms with van der Waals surface area (Å²) in [5.41, 5.74) is 10.1. The van der Waals surface area contributed by atoms with Crippen molar-refractivity contribution >= 4 is 11.4 Å². The number of benzodiazepines with no additional fused rings is 1. The number of hydrogen-bond donors (Lipinski definition) is 2. The molecule has 2 aromatic carbocycles. The zero-order valence-corrected chi connectivity index (χ0v) is 12.6. The van der Waals surface area contributed by atoms with E-state index < -0.39 is 0 Å². The quantitative estimate of drug-likeness (QED) is 0.667. The van der Waals surface area contributed by atoms with Crippen molar-refractivity contribution in [1.29, 1.82) is 0 Å². The van der Waals surface area contributed by atoms with E-state index in [1.807, 2.05) is 42.5 Å². The van der Waals surface area contributed by atoms with E-state index in [4.69, 9.17) is 10.7 Å². The Balaban J connectivity index is 2.09. The topological polar surface area (TPSA) is 93.5 Å². The number of benzene rings is 2. The molecule has 3 rings (SSSR count). The van der Waals surface area contributed by atoms with Gasteiger partial charge >= 0.3 is 0 Å². The standard InChI is InChI=1S/C17H18N4O2/c18-9-14-10-19-17(13-4-2-1-3-5-13)15-8-12(11-21(22)23)6-7-16(15)20-14/h1-8,14,20H,9-11,18H2. The molecule has 1 aliphatic heterocycles. The van der Waals surface area contributed by atoms with Crippen LogP contribution in [0.3, 0.4) is 0 Å².